The molecule has 0 amide bonds. The van der Waals surface area contributed by atoms with Gasteiger partial charge in [0, 0.05) is 22.7 Å². The van der Waals surface area contributed by atoms with Crippen molar-refractivity contribution in [3.63, 3.8) is 0 Å². The second kappa shape index (κ2) is 7.61. The highest BCUT2D eigenvalue weighted by atomic mass is 79.9. The average Bonchev–Trinajstić information content (AvgIpc) is 2.38. The number of benzene rings is 1. The molecule has 0 saturated carbocycles. The molecule has 6 heteroatoms. The summed E-state index contributed by atoms with van der Waals surface area (Å²) in [6.07, 6.45) is 1.60. The van der Waals surface area contributed by atoms with Crippen LogP contribution in [0.2, 0.25) is 0 Å². The molecule has 1 rings (SSSR count). The Morgan fingerprint density at radius 2 is 1.81 bits per heavy atom. The SMILES string of the molecule is CCC(CC)N(CC(C)C)S(=O)(=O)c1ccc(N)cc1Br. The Balaban J connectivity index is 3.32. The van der Waals surface area contributed by atoms with E-state index in [1.54, 1.807) is 22.5 Å². The van der Waals surface area contributed by atoms with E-state index < -0.39 is 10.0 Å². The minimum absolute atomic E-state index is 0.0156. The topological polar surface area (TPSA) is 63.4 Å². The number of nitrogens with two attached hydrogens (primary N) is 1. The predicted octanol–water partition coefficient (Wildman–Crippen LogP) is 3.87. The summed E-state index contributed by atoms with van der Waals surface area (Å²) < 4.78 is 28.2. The standard InChI is InChI=1S/C15H25BrN2O2S/c1-5-13(6-2)18(10-11(3)4)21(19,20)15-8-7-12(17)9-14(15)16/h7-9,11,13H,5-6,10,17H2,1-4H3. The quantitative estimate of drug-likeness (QED) is 0.734. The zero-order chi connectivity index (χ0) is 16.2. The van der Waals surface area contributed by atoms with E-state index in [0.29, 0.717) is 16.7 Å². The summed E-state index contributed by atoms with van der Waals surface area (Å²) in [5, 5.41) is 0. The van der Waals surface area contributed by atoms with Gasteiger partial charge in [-0.1, -0.05) is 27.7 Å². The van der Waals surface area contributed by atoms with Gasteiger partial charge in [-0.25, -0.2) is 8.42 Å². The lowest BCUT2D eigenvalue weighted by atomic mass is 10.1. The fourth-order valence-corrected chi connectivity index (χ4v) is 5.35. The second-order valence-electron chi connectivity index (χ2n) is 5.63. The van der Waals surface area contributed by atoms with Crippen LogP contribution in [-0.2, 0) is 10.0 Å². The predicted molar refractivity (Wildman–Crippen MR) is 91.7 cm³/mol. The van der Waals surface area contributed by atoms with Crippen LogP contribution in [0.15, 0.2) is 27.6 Å². The van der Waals surface area contributed by atoms with Gasteiger partial charge < -0.3 is 5.73 Å². The molecular formula is C15H25BrN2O2S. The molecule has 0 spiro atoms. The van der Waals surface area contributed by atoms with E-state index in [0.717, 1.165) is 12.8 Å². The van der Waals surface area contributed by atoms with Crippen LogP contribution in [0.25, 0.3) is 0 Å². The Morgan fingerprint density at radius 1 is 1.24 bits per heavy atom. The Hall–Kier alpha value is -0.590. The Kier molecular flexibility index (Phi) is 6.69. The fraction of sp³-hybridized carbons (Fsp3) is 0.600. The summed E-state index contributed by atoms with van der Waals surface area (Å²) in [4.78, 5) is 0.282. The monoisotopic (exact) mass is 376 g/mol. The van der Waals surface area contributed by atoms with Crippen molar-refractivity contribution in [1.82, 2.24) is 4.31 Å². The zero-order valence-electron chi connectivity index (χ0n) is 13.1. The van der Waals surface area contributed by atoms with E-state index in [4.69, 9.17) is 5.73 Å². The highest BCUT2D eigenvalue weighted by molar-refractivity contribution is 9.10. The van der Waals surface area contributed by atoms with E-state index in [2.05, 4.69) is 15.9 Å². The molecule has 0 unspecified atom stereocenters. The van der Waals surface area contributed by atoms with Crippen molar-refractivity contribution < 1.29 is 8.42 Å². The number of rotatable bonds is 7. The maximum Gasteiger partial charge on any atom is 0.244 e. The first-order chi connectivity index (χ1) is 9.73. The van der Waals surface area contributed by atoms with Gasteiger partial charge in [-0.3, -0.25) is 0 Å². The van der Waals surface area contributed by atoms with E-state index in [1.165, 1.54) is 0 Å². The van der Waals surface area contributed by atoms with Crippen molar-refractivity contribution in [3.05, 3.63) is 22.7 Å². The van der Waals surface area contributed by atoms with Crippen molar-refractivity contribution in [3.8, 4) is 0 Å². The fourth-order valence-electron chi connectivity index (χ4n) is 2.35. The smallest absolute Gasteiger partial charge is 0.244 e. The number of nitrogen functional groups attached to an aromatic ring is 1. The average molecular weight is 377 g/mol. The summed E-state index contributed by atoms with van der Waals surface area (Å²) in [5.41, 5.74) is 6.24. The third-order valence-corrected chi connectivity index (χ3v) is 6.33. The van der Waals surface area contributed by atoms with Crippen molar-refractivity contribution in [2.24, 2.45) is 5.92 Å². The van der Waals surface area contributed by atoms with Gasteiger partial charge in [-0.15, -0.1) is 0 Å². The molecule has 0 bridgehead atoms. The summed E-state index contributed by atoms with van der Waals surface area (Å²) in [6, 6.07) is 4.84. The van der Waals surface area contributed by atoms with Crippen LogP contribution in [0.5, 0.6) is 0 Å². The first-order valence-electron chi connectivity index (χ1n) is 7.30. The molecule has 0 aromatic heterocycles. The van der Waals surface area contributed by atoms with E-state index >= 15 is 0 Å². The number of hydrogen-bond acceptors (Lipinski definition) is 3. The van der Waals surface area contributed by atoms with Gasteiger partial charge in [0.25, 0.3) is 0 Å². The Bertz CT molecular complexity index is 569. The number of nitrogens with zero attached hydrogens (tertiary/aromatic N) is 1. The van der Waals surface area contributed by atoms with Gasteiger partial charge in [0.1, 0.15) is 0 Å². The number of anilines is 1. The lowest BCUT2D eigenvalue weighted by Crippen LogP contribution is -2.42. The first kappa shape index (κ1) is 18.5. The van der Waals surface area contributed by atoms with Crippen LogP contribution in [0, 0.1) is 5.92 Å². The third-order valence-electron chi connectivity index (χ3n) is 3.44. The molecule has 4 nitrogen and oxygen atoms in total. The minimum Gasteiger partial charge on any atom is -0.399 e. The van der Waals surface area contributed by atoms with Crippen LogP contribution >= 0.6 is 15.9 Å². The lowest BCUT2D eigenvalue weighted by molar-refractivity contribution is 0.277. The maximum atomic E-state index is 13.0. The maximum absolute atomic E-state index is 13.0. The van der Waals surface area contributed by atoms with Crippen LogP contribution in [0.3, 0.4) is 0 Å². The van der Waals surface area contributed by atoms with Crippen LogP contribution in [-0.4, -0.2) is 25.3 Å². The van der Waals surface area contributed by atoms with Gasteiger partial charge >= 0.3 is 0 Å². The van der Waals surface area contributed by atoms with Gasteiger partial charge in [0.2, 0.25) is 10.0 Å². The number of sulfonamides is 1. The molecule has 1 aromatic rings. The largest absolute Gasteiger partial charge is 0.399 e. The normalized spacial score (nSPS) is 12.6. The number of hydrogen-bond donors (Lipinski definition) is 1. The molecule has 0 fully saturated rings. The molecular weight excluding hydrogens is 352 g/mol. The molecule has 2 N–H and O–H groups in total. The Labute approximate surface area is 136 Å². The summed E-state index contributed by atoms with van der Waals surface area (Å²) in [7, 11) is -3.54. The zero-order valence-corrected chi connectivity index (χ0v) is 15.5. The van der Waals surface area contributed by atoms with Crippen molar-refractivity contribution in [2.45, 2.75) is 51.5 Å². The van der Waals surface area contributed by atoms with Crippen LogP contribution < -0.4 is 5.73 Å². The van der Waals surface area contributed by atoms with E-state index in [9.17, 15) is 8.42 Å². The van der Waals surface area contributed by atoms with Crippen molar-refractivity contribution in [1.29, 1.82) is 0 Å². The van der Waals surface area contributed by atoms with Crippen LogP contribution in [0.1, 0.15) is 40.5 Å². The van der Waals surface area contributed by atoms with Gasteiger partial charge in [0.05, 0.1) is 4.90 Å². The summed E-state index contributed by atoms with van der Waals surface area (Å²) in [6.45, 7) is 8.63. The summed E-state index contributed by atoms with van der Waals surface area (Å²) in [5.74, 6) is 0.271. The van der Waals surface area contributed by atoms with Gasteiger partial charge in [-0.2, -0.15) is 4.31 Å². The highest BCUT2D eigenvalue weighted by Gasteiger charge is 2.31. The number of halogens is 1. The van der Waals surface area contributed by atoms with Crippen molar-refractivity contribution in [2.75, 3.05) is 12.3 Å². The van der Waals surface area contributed by atoms with E-state index in [-0.39, 0.29) is 16.9 Å². The molecule has 21 heavy (non-hydrogen) atoms. The third kappa shape index (κ3) is 4.44. The second-order valence-corrected chi connectivity index (χ2v) is 8.34. The molecule has 120 valence electrons. The molecule has 0 heterocycles. The molecule has 0 aliphatic heterocycles. The van der Waals surface area contributed by atoms with Gasteiger partial charge in [0.15, 0.2) is 0 Å². The molecule has 0 radical (unpaired) electrons. The molecule has 0 atom stereocenters. The lowest BCUT2D eigenvalue weighted by Gasteiger charge is -2.31. The summed E-state index contributed by atoms with van der Waals surface area (Å²) >= 11 is 3.32. The molecule has 0 aliphatic carbocycles. The Morgan fingerprint density at radius 3 is 2.24 bits per heavy atom. The molecule has 0 aliphatic rings. The molecule has 0 saturated heterocycles. The van der Waals surface area contributed by atoms with E-state index in [1.807, 2.05) is 27.7 Å². The minimum atomic E-state index is -3.54. The first-order valence-corrected chi connectivity index (χ1v) is 9.54. The molecule has 1 aromatic carbocycles. The van der Waals surface area contributed by atoms with Gasteiger partial charge in [-0.05, 0) is 52.9 Å². The van der Waals surface area contributed by atoms with Crippen molar-refractivity contribution >= 4 is 31.6 Å². The van der Waals surface area contributed by atoms with Crippen LogP contribution in [0.4, 0.5) is 5.69 Å². The highest BCUT2D eigenvalue weighted by Crippen LogP contribution is 2.29.